The van der Waals surface area contributed by atoms with Crippen LogP contribution in [0.1, 0.15) is 19.7 Å². The number of carbonyl (C=O) groups excluding carboxylic acids is 1. The molecule has 1 aromatic heterocycles. The third kappa shape index (κ3) is 4.27. The molecule has 2 rings (SSSR count). The van der Waals surface area contributed by atoms with Gasteiger partial charge in [0.25, 0.3) is 5.91 Å². The Labute approximate surface area is 121 Å². The van der Waals surface area contributed by atoms with Gasteiger partial charge in [-0.3, -0.25) is 9.89 Å². The molecule has 1 heterocycles. The summed E-state index contributed by atoms with van der Waals surface area (Å²) in [5, 5.41) is 9.21. The number of H-pyrrole nitrogens is 1. The Kier molecular flexibility index (Phi) is 4.52. The largest absolute Gasteiger partial charge is 0.478 e. The van der Waals surface area contributed by atoms with Gasteiger partial charge < -0.3 is 10.1 Å². The number of rotatable bonds is 6. The Morgan fingerprint density at radius 3 is 2.71 bits per heavy atom. The summed E-state index contributed by atoms with van der Waals surface area (Å²) in [5.74, 6) is 0.530. The van der Waals surface area contributed by atoms with Gasteiger partial charge in [-0.2, -0.15) is 5.10 Å². The van der Waals surface area contributed by atoms with Crippen LogP contribution in [0.4, 0.5) is 4.39 Å². The fourth-order valence-corrected chi connectivity index (χ4v) is 1.70. The first-order chi connectivity index (χ1) is 9.97. The maximum absolute atomic E-state index is 12.8. The predicted octanol–water partition coefficient (Wildman–Crippen LogP) is 1.46. The number of nitrogens with one attached hydrogen (secondary N) is 2. The van der Waals surface area contributed by atoms with Crippen molar-refractivity contribution >= 4 is 5.91 Å². The standard InChI is InChI=1S/C14H17FN4O2/c1-14(2,21-11-5-3-10(15)4-6-11)13(20)16-8-7-12-17-9-18-19-12/h3-6,9H,7-8H2,1-2H3,(H,16,20)(H,17,18,19). The summed E-state index contributed by atoms with van der Waals surface area (Å²) in [5.41, 5.74) is -1.06. The molecule has 0 fully saturated rings. The topological polar surface area (TPSA) is 79.9 Å². The zero-order valence-electron chi connectivity index (χ0n) is 11.9. The highest BCUT2D eigenvalue weighted by atomic mass is 19.1. The van der Waals surface area contributed by atoms with Gasteiger partial charge in [-0.1, -0.05) is 0 Å². The molecule has 1 aromatic carbocycles. The second-order valence-electron chi connectivity index (χ2n) is 5.00. The first-order valence-corrected chi connectivity index (χ1v) is 6.54. The number of halogens is 1. The van der Waals surface area contributed by atoms with E-state index in [0.717, 1.165) is 0 Å². The first-order valence-electron chi connectivity index (χ1n) is 6.54. The second kappa shape index (κ2) is 6.34. The molecule has 0 unspecified atom stereocenters. The van der Waals surface area contributed by atoms with Crippen LogP contribution >= 0.6 is 0 Å². The maximum atomic E-state index is 12.8. The number of nitrogens with zero attached hydrogens (tertiary/aromatic N) is 2. The number of benzene rings is 1. The van der Waals surface area contributed by atoms with Crippen molar-refractivity contribution < 1.29 is 13.9 Å². The van der Waals surface area contributed by atoms with E-state index in [1.807, 2.05) is 0 Å². The average molecular weight is 292 g/mol. The van der Waals surface area contributed by atoms with Crippen LogP contribution in [0, 0.1) is 5.82 Å². The van der Waals surface area contributed by atoms with E-state index < -0.39 is 5.60 Å². The van der Waals surface area contributed by atoms with E-state index in [1.165, 1.54) is 30.6 Å². The van der Waals surface area contributed by atoms with Crippen LogP contribution in [0.3, 0.4) is 0 Å². The summed E-state index contributed by atoms with van der Waals surface area (Å²) >= 11 is 0. The van der Waals surface area contributed by atoms with Crippen molar-refractivity contribution in [3.05, 3.63) is 42.2 Å². The van der Waals surface area contributed by atoms with Crippen molar-refractivity contribution in [3.63, 3.8) is 0 Å². The third-order valence-corrected chi connectivity index (χ3v) is 2.85. The molecular formula is C14H17FN4O2. The Balaban J connectivity index is 1.85. The van der Waals surface area contributed by atoms with Crippen molar-refractivity contribution in [2.45, 2.75) is 25.9 Å². The molecule has 2 N–H and O–H groups in total. The highest BCUT2D eigenvalue weighted by molar-refractivity contribution is 5.84. The zero-order valence-corrected chi connectivity index (χ0v) is 11.9. The zero-order chi connectivity index (χ0) is 15.3. The summed E-state index contributed by atoms with van der Waals surface area (Å²) < 4.78 is 18.4. The SMILES string of the molecule is CC(C)(Oc1ccc(F)cc1)C(=O)NCCc1ncn[nH]1. The number of aromatic nitrogens is 3. The Bertz CT molecular complexity index is 582. The molecule has 0 atom stereocenters. The molecule has 0 saturated carbocycles. The number of hydrogen-bond acceptors (Lipinski definition) is 4. The van der Waals surface area contributed by atoms with Crippen LogP contribution in [0.25, 0.3) is 0 Å². The summed E-state index contributed by atoms with van der Waals surface area (Å²) in [4.78, 5) is 16.1. The van der Waals surface area contributed by atoms with Gasteiger partial charge in [-0.25, -0.2) is 9.37 Å². The summed E-state index contributed by atoms with van der Waals surface area (Å²) in [6, 6.07) is 5.54. The molecule has 7 heteroatoms. The van der Waals surface area contributed by atoms with E-state index in [0.29, 0.717) is 24.5 Å². The molecule has 0 spiro atoms. The number of carbonyl (C=O) groups is 1. The van der Waals surface area contributed by atoms with Crippen molar-refractivity contribution in [3.8, 4) is 5.75 Å². The molecule has 0 aliphatic carbocycles. The van der Waals surface area contributed by atoms with Crippen LogP contribution in [-0.4, -0.2) is 33.2 Å². The van der Waals surface area contributed by atoms with Crippen molar-refractivity contribution in [1.82, 2.24) is 20.5 Å². The van der Waals surface area contributed by atoms with Crippen LogP contribution in [0.15, 0.2) is 30.6 Å². The van der Waals surface area contributed by atoms with E-state index in [4.69, 9.17) is 4.74 Å². The smallest absolute Gasteiger partial charge is 0.263 e. The van der Waals surface area contributed by atoms with Crippen LogP contribution < -0.4 is 10.1 Å². The molecule has 2 aromatic rings. The minimum absolute atomic E-state index is 0.258. The average Bonchev–Trinajstić information content (AvgIpc) is 2.94. The lowest BCUT2D eigenvalue weighted by Crippen LogP contribution is -2.47. The minimum Gasteiger partial charge on any atom is -0.478 e. The number of hydrogen-bond donors (Lipinski definition) is 2. The Hall–Kier alpha value is -2.44. The summed E-state index contributed by atoms with van der Waals surface area (Å²) in [6.07, 6.45) is 1.97. The van der Waals surface area contributed by atoms with E-state index in [2.05, 4.69) is 20.5 Å². The molecule has 112 valence electrons. The van der Waals surface area contributed by atoms with Gasteiger partial charge in [0.2, 0.25) is 0 Å². The lowest BCUT2D eigenvalue weighted by molar-refractivity contribution is -0.134. The quantitative estimate of drug-likeness (QED) is 0.844. The summed E-state index contributed by atoms with van der Waals surface area (Å²) in [6.45, 7) is 3.73. The van der Waals surface area contributed by atoms with Gasteiger partial charge in [-0.15, -0.1) is 0 Å². The van der Waals surface area contributed by atoms with Gasteiger partial charge in [0.15, 0.2) is 5.60 Å². The van der Waals surface area contributed by atoms with Gasteiger partial charge >= 0.3 is 0 Å². The van der Waals surface area contributed by atoms with E-state index >= 15 is 0 Å². The predicted molar refractivity (Wildman–Crippen MR) is 74.2 cm³/mol. The number of amides is 1. The molecule has 6 nitrogen and oxygen atoms in total. The monoisotopic (exact) mass is 292 g/mol. The van der Waals surface area contributed by atoms with E-state index in [9.17, 15) is 9.18 Å². The van der Waals surface area contributed by atoms with Crippen molar-refractivity contribution in [2.75, 3.05) is 6.54 Å². The summed E-state index contributed by atoms with van der Waals surface area (Å²) in [7, 11) is 0. The lowest BCUT2D eigenvalue weighted by atomic mass is 10.1. The van der Waals surface area contributed by atoms with Crippen LogP contribution in [-0.2, 0) is 11.2 Å². The molecule has 21 heavy (non-hydrogen) atoms. The van der Waals surface area contributed by atoms with Gasteiger partial charge in [0.05, 0.1) is 0 Å². The van der Waals surface area contributed by atoms with Crippen LogP contribution in [0.5, 0.6) is 5.75 Å². The molecular weight excluding hydrogens is 275 g/mol. The minimum atomic E-state index is -1.06. The van der Waals surface area contributed by atoms with Gasteiger partial charge in [0.1, 0.15) is 23.7 Å². The molecule has 0 aliphatic heterocycles. The highest BCUT2D eigenvalue weighted by Gasteiger charge is 2.29. The normalized spacial score (nSPS) is 11.2. The second-order valence-corrected chi connectivity index (χ2v) is 5.00. The maximum Gasteiger partial charge on any atom is 0.263 e. The number of ether oxygens (including phenoxy) is 1. The third-order valence-electron chi connectivity index (χ3n) is 2.85. The molecule has 0 radical (unpaired) electrons. The van der Waals surface area contributed by atoms with E-state index in [-0.39, 0.29) is 11.7 Å². The fraction of sp³-hybridized carbons (Fsp3) is 0.357. The Morgan fingerprint density at radius 1 is 1.38 bits per heavy atom. The van der Waals surface area contributed by atoms with Crippen molar-refractivity contribution in [2.24, 2.45) is 0 Å². The first kappa shape index (κ1) is 15.0. The van der Waals surface area contributed by atoms with Gasteiger partial charge in [0, 0.05) is 13.0 Å². The van der Waals surface area contributed by atoms with Crippen LogP contribution in [0.2, 0.25) is 0 Å². The lowest BCUT2D eigenvalue weighted by Gasteiger charge is -2.25. The fourth-order valence-electron chi connectivity index (χ4n) is 1.70. The highest BCUT2D eigenvalue weighted by Crippen LogP contribution is 2.18. The molecule has 1 amide bonds. The number of aromatic amines is 1. The molecule has 0 aliphatic rings. The van der Waals surface area contributed by atoms with E-state index in [1.54, 1.807) is 13.8 Å². The van der Waals surface area contributed by atoms with Crippen molar-refractivity contribution in [1.29, 1.82) is 0 Å². The van der Waals surface area contributed by atoms with Gasteiger partial charge in [-0.05, 0) is 38.1 Å². The Morgan fingerprint density at radius 2 is 2.10 bits per heavy atom. The molecule has 0 saturated heterocycles. The molecule has 0 bridgehead atoms.